The number of nitrogens with zero attached hydrogens (tertiary/aromatic N) is 3. The summed E-state index contributed by atoms with van der Waals surface area (Å²) in [6.07, 6.45) is 5.06. The van der Waals surface area contributed by atoms with Gasteiger partial charge < -0.3 is 5.73 Å². The number of pyridine rings is 1. The number of hydrogen-bond acceptors (Lipinski definition) is 5. The molecule has 1 fully saturated rings. The highest BCUT2D eigenvalue weighted by Gasteiger charge is 2.24. The summed E-state index contributed by atoms with van der Waals surface area (Å²) >= 11 is 0. The van der Waals surface area contributed by atoms with E-state index >= 15 is 0 Å². The third-order valence-corrected chi connectivity index (χ3v) is 4.13. The second kappa shape index (κ2) is 6.28. The molecule has 1 aromatic heterocycles. The van der Waals surface area contributed by atoms with Gasteiger partial charge in [0.25, 0.3) is 5.69 Å². The molecule has 1 saturated heterocycles. The number of rotatable bonds is 4. The van der Waals surface area contributed by atoms with Gasteiger partial charge in [0.05, 0.1) is 10.6 Å². The van der Waals surface area contributed by atoms with E-state index in [-0.39, 0.29) is 10.6 Å². The fraction of sp³-hybridized carbons (Fsp3) is 0.643. The van der Waals surface area contributed by atoms with Gasteiger partial charge in [-0.2, -0.15) is 0 Å². The molecule has 0 aliphatic carbocycles. The summed E-state index contributed by atoms with van der Waals surface area (Å²) in [5.41, 5.74) is 8.10. The van der Waals surface area contributed by atoms with E-state index in [1.54, 1.807) is 20.0 Å². The molecule has 0 amide bonds. The van der Waals surface area contributed by atoms with Crippen LogP contribution in [0.15, 0.2) is 6.20 Å². The molecule has 20 heavy (non-hydrogen) atoms. The van der Waals surface area contributed by atoms with Gasteiger partial charge in [-0.25, -0.2) is 0 Å². The van der Waals surface area contributed by atoms with E-state index in [0.717, 1.165) is 25.1 Å². The van der Waals surface area contributed by atoms with E-state index < -0.39 is 0 Å². The van der Waals surface area contributed by atoms with E-state index in [1.165, 1.54) is 6.42 Å². The molecule has 0 saturated carbocycles. The number of piperidine rings is 1. The minimum absolute atomic E-state index is 0.191. The van der Waals surface area contributed by atoms with Crippen molar-refractivity contribution < 1.29 is 4.92 Å². The van der Waals surface area contributed by atoms with Gasteiger partial charge in [0, 0.05) is 36.5 Å². The molecule has 1 unspecified atom stereocenters. The van der Waals surface area contributed by atoms with Gasteiger partial charge in [-0.3, -0.25) is 20.0 Å². The average molecular weight is 278 g/mol. The molecule has 0 spiro atoms. The van der Waals surface area contributed by atoms with Crippen LogP contribution in [0.5, 0.6) is 0 Å². The third-order valence-electron chi connectivity index (χ3n) is 4.13. The Hall–Kier alpha value is -1.53. The molecule has 0 radical (unpaired) electrons. The van der Waals surface area contributed by atoms with Crippen molar-refractivity contribution in [3.63, 3.8) is 0 Å². The van der Waals surface area contributed by atoms with Crippen molar-refractivity contribution in [3.05, 3.63) is 33.1 Å². The molecule has 2 rings (SSSR count). The summed E-state index contributed by atoms with van der Waals surface area (Å²) in [7, 11) is 0. The number of aryl methyl sites for hydroxylation is 1. The molecule has 1 aromatic rings. The first-order valence-electron chi connectivity index (χ1n) is 7.08. The van der Waals surface area contributed by atoms with Gasteiger partial charge in [0.1, 0.15) is 0 Å². The van der Waals surface area contributed by atoms with Gasteiger partial charge in [-0.1, -0.05) is 6.42 Å². The van der Waals surface area contributed by atoms with Crippen LogP contribution in [0, 0.1) is 24.0 Å². The van der Waals surface area contributed by atoms with Crippen molar-refractivity contribution in [1.29, 1.82) is 0 Å². The second-order valence-corrected chi connectivity index (χ2v) is 5.47. The highest BCUT2D eigenvalue weighted by molar-refractivity contribution is 5.47. The standard InChI is InChI=1S/C14H22N4O2/c1-10-8-16-13(11(2)14(10)18(19)20)9-17-6-4-3-5-12(17)7-15/h8,12H,3-7,9,15H2,1-2H3. The molecule has 2 heterocycles. The first kappa shape index (κ1) is 14.9. The third kappa shape index (κ3) is 2.96. The van der Waals surface area contributed by atoms with E-state index in [9.17, 15) is 10.1 Å². The highest BCUT2D eigenvalue weighted by Crippen LogP contribution is 2.26. The van der Waals surface area contributed by atoms with Gasteiger partial charge in [-0.05, 0) is 33.2 Å². The van der Waals surface area contributed by atoms with Crippen LogP contribution >= 0.6 is 0 Å². The number of nitro groups is 1. The Bertz CT molecular complexity index is 504. The number of nitrogens with two attached hydrogens (primary N) is 1. The lowest BCUT2D eigenvalue weighted by molar-refractivity contribution is -0.386. The monoisotopic (exact) mass is 278 g/mol. The van der Waals surface area contributed by atoms with Gasteiger partial charge >= 0.3 is 0 Å². The van der Waals surface area contributed by atoms with Crippen LogP contribution in [0.3, 0.4) is 0 Å². The lowest BCUT2D eigenvalue weighted by Gasteiger charge is -2.34. The average Bonchev–Trinajstić information content (AvgIpc) is 2.42. The van der Waals surface area contributed by atoms with Crippen LogP contribution in [0.2, 0.25) is 0 Å². The van der Waals surface area contributed by atoms with Crippen LogP contribution in [0.1, 0.15) is 36.1 Å². The maximum absolute atomic E-state index is 11.2. The predicted molar refractivity (Wildman–Crippen MR) is 77.5 cm³/mol. The zero-order valence-corrected chi connectivity index (χ0v) is 12.1. The van der Waals surface area contributed by atoms with Gasteiger partial charge in [0.2, 0.25) is 0 Å². The largest absolute Gasteiger partial charge is 0.329 e. The topological polar surface area (TPSA) is 85.3 Å². The SMILES string of the molecule is Cc1cnc(CN2CCCCC2CN)c(C)c1[N+](=O)[O-]. The maximum atomic E-state index is 11.2. The first-order chi connectivity index (χ1) is 9.54. The Balaban J connectivity index is 2.25. The highest BCUT2D eigenvalue weighted by atomic mass is 16.6. The van der Waals surface area contributed by atoms with E-state index in [0.29, 0.717) is 30.3 Å². The fourth-order valence-corrected chi connectivity index (χ4v) is 2.93. The van der Waals surface area contributed by atoms with Crippen LogP contribution < -0.4 is 5.73 Å². The molecule has 0 aromatic carbocycles. The Morgan fingerprint density at radius 1 is 1.50 bits per heavy atom. The van der Waals surface area contributed by atoms with Crippen molar-refractivity contribution in [1.82, 2.24) is 9.88 Å². The second-order valence-electron chi connectivity index (χ2n) is 5.47. The van der Waals surface area contributed by atoms with Crippen molar-refractivity contribution in [3.8, 4) is 0 Å². The van der Waals surface area contributed by atoms with Crippen molar-refractivity contribution in [2.75, 3.05) is 13.1 Å². The molecular formula is C14H22N4O2. The number of likely N-dealkylation sites (tertiary alicyclic amines) is 1. The van der Waals surface area contributed by atoms with Crippen LogP contribution in [0.4, 0.5) is 5.69 Å². The van der Waals surface area contributed by atoms with Crippen LogP contribution in [0.25, 0.3) is 0 Å². The normalized spacial score (nSPS) is 20.1. The first-order valence-corrected chi connectivity index (χ1v) is 7.08. The quantitative estimate of drug-likeness (QED) is 0.671. The fourth-order valence-electron chi connectivity index (χ4n) is 2.93. The molecule has 1 aliphatic rings. The lowest BCUT2D eigenvalue weighted by Crippen LogP contribution is -2.43. The Labute approximate surface area is 119 Å². The van der Waals surface area contributed by atoms with Gasteiger partial charge in [0.15, 0.2) is 0 Å². The summed E-state index contributed by atoms with van der Waals surface area (Å²) in [5.74, 6) is 0. The van der Waals surface area contributed by atoms with Crippen molar-refractivity contribution >= 4 is 5.69 Å². The molecule has 1 atom stereocenters. The van der Waals surface area contributed by atoms with E-state index in [2.05, 4.69) is 9.88 Å². The Morgan fingerprint density at radius 2 is 2.25 bits per heavy atom. The lowest BCUT2D eigenvalue weighted by atomic mass is 10.0. The van der Waals surface area contributed by atoms with Crippen LogP contribution in [-0.2, 0) is 6.54 Å². The number of aromatic nitrogens is 1. The molecule has 2 N–H and O–H groups in total. The minimum Gasteiger partial charge on any atom is -0.329 e. The van der Waals surface area contributed by atoms with E-state index in [4.69, 9.17) is 5.73 Å². The molecule has 6 nitrogen and oxygen atoms in total. The zero-order valence-electron chi connectivity index (χ0n) is 12.1. The molecule has 6 heteroatoms. The molecular weight excluding hydrogens is 256 g/mol. The summed E-state index contributed by atoms with van der Waals surface area (Å²) in [6.45, 7) is 5.78. The van der Waals surface area contributed by atoms with Crippen molar-refractivity contribution in [2.24, 2.45) is 5.73 Å². The smallest absolute Gasteiger partial charge is 0.278 e. The molecule has 110 valence electrons. The summed E-state index contributed by atoms with van der Waals surface area (Å²) in [4.78, 5) is 17.5. The molecule has 0 bridgehead atoms. The van der Waals surface area contributed by atoms with Crippen molar-refractivity contribution in [2.45, 2.75) is 45.7 Å². The number of hydrogen-bond donors (Lipinski definition) is 1. The predicted octanol–water partition coefficient (Wildman–Crippen LogP) is 1.92. The van der Waals surface area contributed by atoms with E-state index in [1.807, 2.05) is 0 Å². The zero-order chi connectivity index (χ0) is 14.7. The maximum Gasteiger partial charge on any atom is 0.278 e. The minimum atomic E-state index is -0.313. The Kier molecular flexibility index (Phi) is 4.67. The Morgan fingerprint density at radius 3 is 2.90 bits per heavy atom. The summed E-state index contributed by atoms with van der Waals surface area (Å²) in [5, 5.41) is 11.2. The molecule has 1 aliphatic heterocycles. The van der Waals surface area contributed by atoms with Crippen LogP contribution in [-0.4, -0.2) is 33.9 Å². The summed E-state index contributed by atoms with van der Waals surface area (Å²) in [6, 6.07) is 0.366. The summed E-state index contributed by atoms with van der Waals surface area (Å²) < 4.78 is 0. The van der Waals surface area contributed by atoms with Gasteiger partial charge in [-0.15, -0.1) is 0 Å².